The molecule has 5 amide bonds. The molecule has 0 aliphatic carbocycles. The minimum atomic E-state index is -0.976. The number of carbonyl (C=O) groups excluding carboxylic acids is 4. The van der Waals surface area contributed by atoms with E-state index in [0.29, 0.717) is 36.7 Å². The van der Waals surface area contributed by atoms with Gasteiger partial charge < -0.3 is 50.3 Å². The van der Waals surface area contributed by atoms with Crippen molar-refractivity contribution in [1.29, 1.82) is 0 Å². The maximum absolute atomic E-state index is 14.2. The minimum absolute atomic E-state index is 0.0224. The quantitative estimate of drug-likeness (QED) is 0.0798. The summed E-state index contributed by atoms with van der Waals surface area (Å²) in [5.74, 6) is 7.30. The van der Waals surface area contributed by atoms with Gasteiger partial charge in [-0.25, -0.2) is 19.6 Å². The van der Waals surface area contributed by atoms with Gasteiger partial charge in [0.2, 0.25) is 11.8 Å². The Morgan fingerprint density at radius 1 is 0.750 bits per heavy atom. The van der Waals surface area contributed by atoms with Crippen molar-refractivity contribution in [2.45, 2.75) is 63.7 Å². The maximum atomic E-state index is 14.2. The van der Waals surface area contributed by atoms with Crippen LogP contribution in [-0.2, 0) is 14.3 Å². The largest absolute Gasteiger partial charge is 0.453 e. The number of nitrogens with one attached hydrogen (secondary N) is 4. The highest BCUT2D eigenvalue weighted by Crippen LogP contribution is 2.35. The van der Waals surface area contributed by atoms with E-state index in [4.69, 9.17) is 9.72 Å². The van der Waals surface area contributed by atoms with E-state index < -0.39 is 24.2 Å². The first kappa shape index (κ1) is 45.1. The summed E-state index contributed by atoms with van der Waals surface area (Å²) in [7, 11) is 1.28. The number of likely N-dealkylation sites (tertiary alicyclic amines) is 2. The van der Waals surface area contributed by atoms with Gasteiger partial charge in [0.15, 0.2) is 0 Å². The topological polar surface area (TPSA) is 209 Å². The smallest absolute Gasteiger partial charge is 0.407 e. The van der Waals surface area contributed by atoms with Crippen LogP contribution >= 0.6 is 0 Å². The summed E-state index contributed by atoms with van der Waals surface area (Å²) in [5.41, 5.74) is 5.77. The SMILES string of the molecule is COC(=O)N[C@H](C(=O)N1CCC[C@H]1c1ncc(-c2ccc(C#Cc3ccc(-c4cnc([C@@H]5CCCN5C(=O)[C@H](NC(=O)N(CCO)CCO)c5ccccc5)[nH]4)cc3)cc2)[nH]1)C(C)C. The van der Waals surface area contributed by atoms with Gasteiger partial charge in [-0.2, -0.15) is 0 Å². The number of imidazole rings is 2. The monoisotopic (exact) mass is 869 g/mol. The van der Waals surface area contributed by atoms with Gasteiger partial charge in [-0.15, -0.1) is 0 Å². The number of alkyl carbamates (subject to hydrolysis) is 1. The number of rotatable bonds is 14. The Morgan fingerprint density at radius 2 is 1.25 bits per heavy atom. The van der Waals surface area contributed by atoms with Gasteiger partial charge in [0, 0.05) is 37.3 Å². The Balaban J connectivity index is 0.982. The molecule has 5 aromatic rings. The molecular formula is C48H55N9O7. The lowest BCUT2D eigenvalue weighted by Gasteiger charge is -2.30. The molecule has 0 spiro atoms. The second-order valence-corrected chi connectivity index (χ2v) is 16.2. The Kier molecular flexibility index (Phi) is 14.7. The zero-order chi connectivity index (χ0) is 45.2. The number of nitrogens with zero attached hydrogens (tertiary/aromatic N) is 5. The van der Waals surface area contributed by atoms with Crippen LogP contribution in [0.3, 0.4) is 0 Å². The first-order chi connectivity index (χ1) is 31.1. The van der Waals surface area contributed by atoms with Crippen molar-refractivity contribution in [3.63, 3.8) is 0 Å². The van der Waals surface area contributed by atoms with Crippen LogP contribution in [0.1, 0.15) is 86.0 Å². The van der Waals surface area contributed by atoms with Crippen LogP contribution in [0.5, 0.6) is 0 Å². The number of methoxy groups -OCH3 is 1. The Hall–Kier alpha value is -6.96. The highest BCUT2D eigenvalue weighted by atomic mass is 16.5. The number of aliphatic hydroxyl groups excluding tert-OH is 2. The van der Waals surface area contributed by atoms with Gasteiger partial charge in [-0.1, -0.05) is 80.3 Å². The third kappa shape index (κ3) is 10.4. The Morgan fingerprint density at radius 3 is 1.72 bits per heavy atom. The molecule has 0 unspecified atom stereocenters. The van der Waals surface area contributed by atoms with Gasteiger partial charge in [-0.05, 0) is 72.6 Å². The molecule has 3 aromatic carbocycles. The predicted molar refractivity (Wildman–Crippen MR) is 239 cm³/mol. The number of hydrogen-bond donors (Lipinski definition) is 6. The standard InChI is InChI=1S/C48H55N9O7/c1-31(2)41(54-48(63)64-3)45(60)56-23-7-11-39(56)43-49-29-37(51-43)34-19-15-32(16-20-34)13-14-33-17-21-35(22-18-33)38-30-50-44(52-38)40-12-8-24-57(40)46(61)42(36-9-5-4-6-10-36)53-47(62)55(25-27-58)26-28-59/h4-6,9-10,15-22,29-31,39-42,58-59H,7-8,11-12,23-28H2,1-3H3,(H,49,51)(H,50,52)(H,53,62)(H,54,63)/t39-,40-,41-,42+/m0/s1. The van der Waals surface area contributed by atoms with E-state index >= 15 is 0 Å². The fourth-order valence-electron chi connectivity index (χ4n) is 8.29. The molecule has 6 N–H and O–H groups in total. The number of urea groups is 1. The number of H-pyrrole nitrogens is 2. The Bertz CT molecular complexity index is 2430. The zero-order valence-corrected chi connectivity index (χ0v) is 36.3. The van der Waals surface area contributed by atoms with Crippen molar-refractivity contribution < 1.29 is 34.1 Å². The second-order valence-electron chi connectivity index (χ2n) is 16.2. The number of carbonyl (C=O) groups is 4. The highest BCUT2D eigenvalue weighted by molar-refractivity contribution is 5.89. The average Bonchev–Trinajstić information content (AvgIpc) is 4.17. The van der Waals surface area contributed by atoms with E-state index in [1.165, 1.54) is 12.0 Å². The van der Waals surface area contributed by atoms with Crippen molar-refractivity contribution in [3.05, 3.63) is 120 Å². The summed E-state index contributed by atoms with van der Waals surface area (Å²) in [5, 5.41) is 24.5. The fourth-order valence-corrected chi connectivity index (χ4v) is 8.29. The number of ether oxygens (including phenoxy) is 1. The molecule has 2 aliphatic rings. The lowest BCUT2D eigenvalue weighted by atomic mass is 10.0. The minimum Gasteiger partial charge on any atom is -0.453 e. The van der Waals surface area contributed by atoms with Crippen LogP contribution in [0.4, 0.5) is 9.59 Å². The lowest BCUT2D eigenvalue weighted by Crippen LogP contribution is -2.51. The van der Waals surface area contributed by atoms with Crippen molar-refractivity contribution in [3.8, 4) is 34.4 Å². The molecule has 2 aliphatic heterocycles. The molecule has 0 bridgehead atoms. The lowest BCUT2D eigenvalue weighted by molar-refractivity contribution is -0.135. The van der Waals surface area contributed by atoms with Crippen LogP contribution in [0.25, 0.3) is 22.5 Å². The molecule has 4 atom stereocenters. The fraction of sp³-hybridized carbons (Fsp3) is 0.375. The molecular weight excluding hydrogens is 815 g/mol. The van der Waals surface area contributed by atoms with Crippen LogP contribution in [0.2, 0.25) is 0 Å². The molecule has 16 heteroatoms. The predicted octanol–water partition coefficient (Wildman–Crippen LogP) is 5.31. The second kappa shape index (κ2) is 20.9. The van der Waals surface area contributed by atoms with Crippen molar-refractivity contribution in [2.75, 3.05) is 46.5 Å². The Labute approximate surface area is 372 Å². The molecule has 4 heterocycles. The molecule has 2 saturated heterocycles. The summed E-state index contributed by atoms with van der Waals surface area (Å²) in [4.78, 5) is 73.9. The first-order valence-electron chi connectivity index (χ1n) is 21.7. The molecule has 2 aromatic heterocycles. The molecule has 0 saturated carbocycles. The normalized spacial score (nSPS) is 16.8. The van der Waals surface area contributed by atoms with Crippen LogP contribution in [0, 0.1) is 17.8 Å². The van der Waals surface area contributed by atoms with E-state index in [2.05, 4.69) is 37.4 Å². The zero-order valence-electron chi connectivity index (χ0n) is 36.3. The molecule has 2 fully saturated rings. The van der Waals surface area contributed by atoms with E-state index in [0.717, 1.165) is 52.9 Å². The molecule has 16 nitrogen and oxygen atoms in total. The van der Waals surface area contributed by atoms with Gasteiger partial charge in [0.25, 0.3) is 0 Å². The number of hydrogen-bond acceptors (Lipinski definition) is 9. The van der Waals surface area contributed by atoms with E-state index in [1.807, 2.05) is 80.6 Å². The highest BCUT2D eigenvalue weighted by Gasteiger charge is 2.39. The number of benzene rings is 3. The molecule has 0 radical (unpaired) electrons. The molecule has 334 valence electrons. The van der Waals surface area contributed by atoms with E-state index in [1.54, 1.807) is 34.3 Å². The number of aromatic nitrogens is 4. The van der Waals surface area contributed by atoms with Crippen molar-refractivity contribution >= 4 is 23.9 Å². The first-order valence-corrected chi connectivity index (χ1v) is 21.7. The van der Waals surface area contributed by atoms with Crippen LogP contribution in [-0.4, -0.2) is 121 Å². The van der Waals surface area contributed by atoms with Gasteiger partial charge in [-0.3, -0.25) is 9.59 Å². The number of aliphatic hydroxyl groups is 2. The molecule has 7 rings (SSSR count). The summed E-state index contributed by atoms with van der Waals surface area (Å²) in [6, 6.07) is 22.0. The van der Waals surface area contributed by atoms with Gasteiger partial charge >= 0.3 is 12.1 Å². The maximum Gasteiger partial charge on any atom is 0.407 e. The summed E-state index contributed by atoms with van der Waals surface area (Å²) in [6.07, 6.45) is 5.97. The van der Waals surface area contributed by atoms with Crippen molar-refractivity contribution in [2.24, 2.45) is 5.92 Å². The molecule has 64 heavy (non-hydrogen) atoms. The summed E-state index contributed by atoms with van der Waals surface area (Å²) in [6.45, 7) is 4.35. The summed E-state index contributed by atoms with van der Waals surface area (Å²) < 4.78 is 4.75. The number of aromatic amines is 2. The van der Waals surface area contributed by atoms with E-state index in [9.17, 15) is 29.4 Å². The van der Waals surface area contributed by atoms with Gasteiger partial charge in [0.05, 0.1) is 56.2 Å². The van der Waals surface area contributed by atoms with Crippen molar-refractivity contribution in [1.82, 2.24) is 45.3 Å². The van der Waals surface area contributed by atoms with Crippen LogP contribution in [0.15, 0.2) is 91.3 Å². The number of amides is 5. The third-order valence-electron chi connectivity index (χ3n) is 11.7. The van der Waals surface area contributed by atoms with Gasteiger partial charge in [0.1, 0.15) is 23.7 Å². The van der Waals surface area contributed by atoms with E-state index in [-0.39, 0.29) is 56.1 Å². The summed E-state index contributed by atoms with van der Waals surface area (Å²) >= 11 is 0. The average molecular weight is 870 g/mol. The third-order valence-corrected chi connectivity index (χ3v) is 11.7. The van der Waals surface area contributed by atoms with Crippen LogP contribution < -0.4 is 10.6 Å².